The molecule has 0 radical (unpaired) electrons. The van der Waals surface area contributed by atoms with Crippen LogP contribution in [0.4, 0.5) is 0 Å². The van der Waals surface area contributed by atoms with Gasteiger partial charge in [0.2, 0.25) is 0 Å². The van der Waals surface area contributed by atoms with Crippen molar-refractivity contribution in [2.75, 3.05) is 13.2 Å². The third-order valence-electron chi connectivity index (χ3n) is 5.81. The van der Waals surface area contributed by atoms with E-state index < -0.39 is 12.0 Å². The lowest BCUT2D eigenvalue weighted by atomic mass is 10.0. The zero-order chi connectivity index (χ0) is 23.1. The maximum absolute atomic E-state index is 12.6. The highest BCUT2D eigenvalue weighted by atomic mass is 35.5. The summed E-state index contributed by atoms with van der Waals surface area (Å²) in [5.41, 5.74) is 1.62. The van der Waals surface area contributed by atoms with Gasteiger partial charge in [-0.05, 0) is 60.2 Å². The number of fused-ring (bicyclic) bond motifs is 2. The number of H-pyrrole nitrogens is 1. The van der Waals surface area contributed by atoms with E-state index in [9.17, 15) is 14.7 Å². The van der Waals surface area contributed by atoms with Gasteiger partial charge in [0, 0.05) is 16.6 Å². The van der Waals surface area contributed by atoms with Crippen LogP contribution < -0.4 is 10.3 Å². The summed E-state index contributed by atoms with van der Waals surface area (Å²) < 4.78 is 6.10. The van der Waals surface area contributed by atoms with E-state index in [-0.39, 0.29) is 17.5 Å². The van der Waals surface area contributed by atoms with E-state index >= 15 is 0 Å². The molecule has 1 aromatic heterocycles. The van der Waals surface area contributed by atoms with E-state index in [1.54, 1.807) is 48.2 Å². The summed E-state index contributed by atoms with van der Waals surface area (Å²) in [4.78, 5) is 33.8. The minimum Gasteiger partial charge on any atom is -0.488 e. The molecule has 2 aliphatic heterocycles. The number of nitrogens with one attached hydrogen (secondary N) is 1. The second-order valence-corrected chi connectivity index (χ2v) is 9.88. The first-order chi connectivity index (χ1) is 15.9. The van der Waals surface area contributed by atoms with Crippen LogP contribution in [0.25, 0.3) is 22.3 Å². The maximum Gasteiger partial charge on any atom is 0.321 e. The van der Waals surface area contributed by atoms with Crippen LogP contribution in [0.3, 0.4) is 0 Å². The molecule has 0 aliphatic carbocycles. The van der Waals surface area contributed by atoms with Crippen molar-refractivity contribution in [3.63, 3.8) is 0 Å². The Morgan fingerprint density at radius 1 is 1.24 bits per heavy atom. The average molecular weight is 504 g/mol. The van der Waals surface area contributed by atoms with Crippen molar-refractivity contribution in [2.45, 2.75) is 24.3 Å². The Bertz CT molecular complexity index is 1340. The van der Waals surface area contributed by atoms with E-state index in [0.717, 1.165) is 18.5 Å². The van der Waals surface area contributed by atoms with Gasteiger partial charge in [0.05, 0.1) is 21.8 Å². The number of rotatable bonds is 5. The van der Waals surface area contributed by atoms with Crippen molar-refractivity contribution in [3.8, 4) is 17.1 Å². The van der Waals surface area contributed by atoms with E-state index in [1.165, 1.54) is 0 Å². The Kier molecular flexibility index (Phi) is 6.09. The lowest BCUT2D eigenvalue weighted by molar-refractivity contribution is -0.145. The van der Waals surface area contributed by atoms with Gasteiger partial charge in [-0.25, -0.2) is 4.98 Å². The fourth-order valence-corrected chi connectivity index (χ4v) is 5.53. The molecule has 0 spiro atoms. The van der Waals surface area contributed by atoms with Gasteiger partial charge in [0.15, 0.2) is 0 Å². The summed E-state index contributed by atoms with van der Waals surface area (Å²) in [7, 11) is 0. The lowest BCUT2D eigenvalue weighted by Gasteiger charge is -2.42. The number of carboxylic acid groups (broad SMARTS) is 1. The Hall–Kier alpha value is -2.52. The van der Waals surface area contributed by atoms with Crippen LogP contribution in [0.1, 0.15) is 12.8 Å². The molecular weight excluding hydrogens is 485 g/mol. The van der Waals surface area contributed by atoms with Crippen molar-refractivity contribution < 1.29 is 14.6 Å². The molecule has 1 fully saturated rings. The second kappa shape index (κ2) is 9.02. The first-order valence-electron chi connectivity index (χ1n) is 10.3. The van der Waals surface area contributed by atoms with Gasteiger partial charge < -0.3 is 14.8 Å². The molecule has 10 heteroatoms. The summed E-state index contributed by atoms with van der Waals surface area (Å²) in [5.74, 6) is -0.0106. The molecule has 2 N–H and O–H groups in total. The number of ether oxygens (including phenoxy) is 1. The highest BCUT2D eigenvalue weighted by Gasteiger charge is 2.39. The largest absolute Gasteiger partial charge is 0.488 e. The molecule has 3 heterocycles. The van der Waals surface area contributed by atoms with Crippen LogP contribution in [0.2, 0.25) is 10.0 Å². The molecule has 0 saturated carbocycles. The van der Waals surface area contributed by atoms with Gasteiger partial charge >= 0.3 is 5.97 Å². The minimum absolute atomic E-state index is 0.204. The second-order valence-electron chi connectivity index (χ2n) is 7.96. The average Bonchev–Trinajstić information content (AvgIpc) is 2.88. The summed E-state index contributed by atoms with van der Waals surface area (Å²) in [6.07, 6.45) is 1.38. The van der Waals surface area contributed by atoms with E-state index in [4.69, 9.17) is 27.9 Å². The summed E-state index contributed by atoms with van der Waals surface area (Å²) in [5, 5.41) is 13.2. The number of hydrogen-bond acceptors (Lipinski definition) is 6. The molecule has 2 aromatic carbocycles. The fraction of sp³-hybridized carbons (Fsp3) is 0.261. The Labute approximate surface area is 203 Å². The summed E-state index contributed by atoms with van der Waals surface area (Å²) in [6, 6.07) is 9.47. The van der Waals surface area contributed by atoms with Crippen LogP contribution in [0.5, 0.6) is 5.75 Å². The Morgan fingerprint density at radius 2 is 2.03 bits per heavy atom. The number of aromatic amines is 1. The molecule has 1 saturated heterocycles. The molecule has 0 bridgehead atoms. The quantitative estimate of drug-likeness (QED) is 0.516. The molecular formula is C23H19Cl2N3O4S. The smallest absolute Gasteiger partial charge is 0.321 e. The van der Waals surface area contributed by atoms with Crippen molar-refractivity contribution >= 4 is 51.8 Å². The van der Waals surface area contributed by atoms with Gasteiger partial charge in [0.25, 0.3) is 5.56 Å². The molecule has 3 aromatic rings. The molecule has 2 atom stereocenters. The number of halogens is 2. The van der Waals surface area contributed by atoms with Crippen molar-refractivity contribution in [1.82, 2.24) is 14.9 Å². The van der Waals surface area contributed by atoms with Crippen LogP contribution >= 0.6 is 35.0 Å². The fourth-order valence-electron chi connectivity index (χ4n) is 4.02. The van der Waals surface area contributed by atoms with Gasteiger partial charge in [-0.15, -0.1) is 11.8 Å². The summed E-state index contributed by atoms with van der Waals surface area (Å²) in [6.45, 7) is 1.02. The van der Waals surface area contributed by atoms with Gasteiger partial charge in [-0.1, -0.05) is 23.2 Å². The van der Waals surface area contributed by atoms with Crippen molar-refractivity contribution in [3.05, 3.63) is 67.8 Å². The number of carboxylic acids is 1. The van der Waals surface area contributed by atoms with Gasteiger partial charge in [-0.3, -0.25) is 14.5 Å². The highest BCUT2D eigenvalue weighted by Crippen LogP contribution is 2.38. The van der Waals surface area contributed by atoms with Crippen molar-refractivity contribution in [1.29, 1.82) is 0 Å². The SMILES string of the molecule is O=C(O)C1CC(COc2ccc(Cl)cc2-c2nc3ccc(Cl)cc3c(=O)[nH]2)=CSC2CCN21. The van der Waals surface area contributed by atoms with Crippen LogP contribution in [0, 0.1) is 0 Å². The number of nitrogens with zero attached hydrogens (tertiary/aromatic N) is 2. The predicted molar refractivity (Wildman–Crippen MR) is 130 cm³/mol. The zero-order valence-corrected chi connectivity index (χ0v) is 19.6. The first kappa shape index (κ1) is 22.3. The highest BCUT2D eigenvalue weighted by molar-refractivity contribution is 8.02. The Balaban J connectivity index is 1.44. The number of hydrogen-bond donors (Lipinski definition) is 2. The van der Waals surface area contributed by atoms with Crippen LogP contribution in [-0.2, 0) is 4.79 Å². The first-order valence-corrected chi connectivity index (χ1v) is 12.0. The standard InChI is InChI=1S/C23H19Cl2N3O4S/c24-13-1-3-17-15(8-13)22(29)27-21(26-17)16-9-14(25)2-4-19(16)32-10-12-7-18(23(30)31)28-6-5-20(28)33-11-12/h1-4,8-9,11,18,20H,5-7,10H2,(H,30,31)(H,26,27,29). The molecule has 170 valence electrons. The lowest BCUT2D eigenvalue weighted by Crippen LogP contribution is -2.53. The number of thioether (sulfide) groups is 1. The normalized spacial score (nSPS) is 20.5. The number of benzene rings is 2. The molecule has 33 heavy (non-hydrogen) atoms. The van der Waals surface area contributed by atoms with E-state index in [2.05, 4.69) is 9.97 Å². The number of carbonyl (C=O) groups is 1. The van der Waals surface area contributed by atoms with Crippen LogP contribution in [-0.4, -0.2) is 50.5 Å². The molecule has 7 nitrogen and oxygen atoms in total. The third-order valence-corrected chi connectivity index (χ3v) is 7.57. The van der Waals surface area contributed by atoms with Gasteiger partial charge in [0.1, 0.15) is 24.2 Å². The predicted octanol–water partition coefficient (Wildman–Crippen LogP) is 4.78. The van der Waals surface area contributed by atoms with E-state index in [1.807, 2.05) is 10.3 Å². The Morgan fingerprint density at radius 3 is 2.79 bits per heavy atom. The molecule has 0 amide bonds. The summed E-state index contributed by atoms with van der Waals surface area (Å²) >= 11 is 13.9. The topological polar surface area (TPSA) is 95.5 Å². The zero-order valence-electron chi connectivity index (χ0n) is 17.3. The number of aliphatic carboxylic acids is 1. The molecule has 5 rings (SSSR count). The van der Waals surface area contributed by atoms with Crippen molar-refractivity contribution in [2.24, 2.45) is 0 Å². The third kappa shape index (κ3) is 4.48. The molecule has 2 aliphatic rings. The molecule has 2 unspecified atom stereocenters. The minimum atomic E-state index is -0.821. The van der Waals surface area contributed by atoms with Crippen LogP contribution in [0.15, 0.2) is 52.2 Å². The number of aromatic nitrogens is 2. The maximum atomic E-state index is 12.6. The monoisotopic (exact) mass is 503 g/mol. The van der Waals surface area contributed by atoms with Gasteiger partial charge in [-0.2, -0.15) is 0 Å². The van der Waals surface area contributed by atoms with E-state index in [0.29, 0.717) is 44.5 Å².